The fourth-order valence-corrected chi connectivity index (χ4v) is 2.12. The first-order chi connectivity index (χ1) is 11.6. The van der Waals surface area contributed by atoms with E-state index in [4.69, 9.17) is 4.52 Å². The van der Waals surface area contributed by atoms with Crippen LogP contribution in [-0.2, 0) is 4.79 Å². The Morgan fingerprint density at radius 2 is 2.00 bits per heavy atom. The standard InChI is InChI=1S/C17H23N5O3/c1-11-18-15(21-25-11)12-7-6-8-13(9-12)19-16(24)22(5)10-14(23)20-17(2,3)4/h6-9H,10H2,1-5H3,(H,19,24)(H,20,23). The largest absolute Gasteiger partial charge is 0.350 e. The third-order valence-corrected chi connectivity index (χ3v) is 3.14. The monoisotopic (exact) mass is 345 g/mol. The number of benzene rings is 1. The molecule has 0 aliphatic heterocycles. The first-order valence-corrected chi connectivity index (χ1v) is 7.88. The molecule has 0 radical (unpaired) electrons. The molecule has 0 atom stereocenters. The molecule has 134 valence electrons. The van der Waals surface area contributed by atoms with Gasteiger partial charge in [0, 0.05) is 30.8 Å². The second-order valence-corrected chi connectivity index (χ2v) is 6.80. The molecule has 0 saturated carbocycles. The molecule has 0 spiro atoms. The lowest BCUT2D eigenvalue weighted by molar-refractivity contribution is -0.122. The van der Waals surface area contributed by atoms with Crippen LogP contribution in [0.5, 0.6) is 0 Å². The van der Waals surface area contributed by atoms with Crippen LogP contribution >= 0.6 is 0 Å². The predicted molar refractivity (Wildman–Crippen MR) is 94.0 cm³/mol. The summed E-state index contributed by atoms with van der Waals surface area (Å²) in [5.41, 5.74) is 0.960. The van der Waals surface area contributed by atoms with Gasteiger partial charge in [-0.25, -0.2) is 4.79 Å². The number of carbonyl (C=O) groups is 2. The minimum absolute atomic E-state index is 0.0349. The van der Waals surface area contributed by atoms with Crippen LogP contribution in [0, 0.1) is 6.92 Å². The molecule has 0 saturated heterocycles. The zero-order chi connectivity index (χ0) is 18.6. The van der Waals surface area contributed by atoms with Crippen molar-refractivity contribution in [2.24, 2.45) is 0 Å². The van der Waals surface area contributed by atoms with Gasteiger partial charge < -0.3 is 20.1 Å². The number of amides is 3. The zero-order valence-corrected chi connectivity index (χ0v) is 15.1. The second kappa shape index (κ2) is 7.33. The van der Waals surface area contributed by atoms with E-state index in [2.05, 4.69) is 20.8 Å². The van der Waals surface area contributed by atoms with Gasteiger partial charge in [-0.15, -0.1) is 0 Å². The quantitative estimate of drug-likeness (QED) is 0.886. The van der Waals surface area contributed by atoms with Gasteiger partial charge in [0.15, 0.2) is 0 Å². The Labute approximate surface area is 146 Å². The Morgan fingerprint density at radius 3 is 2.60 bits per heavy atom. The van der Waals surface area contributed by atoms with Crippen molar-refractivity contribution in [2.45, 2.75) is 33.2 Å². The van der Waals surface area contributed by atoms with Gasteiger partial charge in [-0.05, 0) is 32.9 Å². The minimum atomic E-state index is -0.384. The number of likely N-dealkylation sites (N-methyl/N-ethyl adjacent to an activating group) is 1. The first kappa shape index (κ1) is 18.4. The maximum atomic E-state index is 12.3. The average molecular weight is 345 g/mol. The van der Waals surface area contributed by atoms with Gasteiger partial charge in [0.25, 0.3) is 0 Å². The Kier molecular flexibility index (Phi) is 5.41. The molecule has 3 amide bonds. The van der Waals surface area contributed by atoms with Crippen molar-refractivity contribution in [1.82, 2.24) is 20.4 Å². The highest BCUT2D eigenvalue weighted by molar-refractivity contribution is 5.92. The number of rotatable bonds is 4. The summed E-state index contributed by atoms with van der Waals surface area (Å²) in [6.07, 6.45) is 0. The fraction of sp³-hybridized carbons (Fsp3) is 0.412. The van der Waals surface area contributed by atoms with E-state index in [9.17, 15) is 9.59 Å². The molecule has 1 aromatic heterocycles. The Bertz CT molecular complexity index is 764. The number of nitrogens with one attached hydrogen (secondary N) is 2. The first-order valence-electron chi connectivity index (χ1n) is 7.88. The van der Waals surface area contributed by atoms with Crippen LogP contribution in [0.4, 0.5) is 10.5 Å². The lowest BCUT2D eigenvalue weighted by Crippen LogP contribution is -2.47. The molecule has 1 heterocycles. The number of aromatic nitrogens is 2. The molecule has 0 fully saturated rings. The highest BCUT2D eigenvalue weighted by Gasteiger charge is 2.18. The van der Waals surface area contributed by atoms with E-state index in [1.807, 2.05) is 26.8 Å². The Hall–Kier alpha value is -2.90. The number of anilines is 1. The van der Waals surface area contributed by atoms with Crippen LogP contribution in [-0.4, -0.2) is 46.1 Å². The molecule has 2 aromatic rings. The van der Waals surface area contributed by atoms with Crippen molar-refractivity contribution < 1.29 is 14.1 Å². The van der Waals surface area contributed by atoms with Gasteiger partial charge >= 0.3 is 6.03 Å². The van der Waals surface area contributed by atoms with Gasteiger partial charge in [-0.3, -0.25) is 4.79 Å². The summed E-state index contributed by atoms with van der Waals surface area (Å²) in [6.45, 7) is 7.33. The van der Waals surface area contributed by atoms with Gasteiger partial charge in [0.05, 0.1) is 0 Å². The smallest absolute Gasteiger partial charge is 0.322 e. The highest BCUT2D eigenvalue weighted by atomic mass is 16.5. The summed E-state index contributed by atoms with van der Waals surface area (Å²) in [5.74, 6) is 0.696. The summed E-state index contributed by atoms with van der Waals surface area (Å²) < 4.78 is 4.96. The molecule has 25 heavy (non-hydrogen) atoms. The maximum Gasteiger partial charge on any atom is 0.322 e. The summed E-state index contributed by atoms with van der Waals surface area (Å²) in [5, 5.41) is 9.41. The van der Waals surface area contributed by atoms with E-state index >= 15 is 0 Å². The molecule has 2 N–H and O–H groups in total. The molecule has 2 rings (SSSR count). The lowest BCUT2D eigenvalue weighted by atomic mass is 10.1. The van der Waals surface area contributed by atoms with E-state index in [0.717, 1.165) is 5.56 Å². The number of hydrogen-bond acceptors (Lipinski definition) is 5. The van der Waals surface area contributed by atoms with Crippen molar-refractivity contribution >= 4 is 17.6 Å². The molecule has 0 bridgehead atoms. The molecular formula is C17H23N5O3. The van der Waals surface area contributed by atoms with Gasteiger partial charge in [-0.2, -0.15) is 4.98 Å². The third-order valence-electron chi connectivity index (χ3n) is 3.14. The van der Waals surface area contributed by atoms with E-state index in [0.29, 0.717) is 17.4 Å². The number of urea groups is 1. The topological polar surface area (TPSA) is 100 Å². The SMILES string of the molecule is Cc1nc(-c2cccc(NC(=O)N(C)CC(=O)NC(C)(C)C)c2)no1. The summed E-state index contributed by atoms with van der Waals surface area (Å²) in [7, 11) is 1.56. The minimum Gasteiger partial charge on any atom is -0.350 e. The van der Waals surface area contributed by atoms with Gasteiger partial charge in [-0.1, -0.05) is 17.3 Å². The summed E-state index contributed by atoms with van der Waals surface area (Å²) in [4.78, 5) is 29.6. The molecular weight excluding hydrogens is 322 g/mol. The van der Waals surface area contributed by atoms with Crippen LogP contribution in [0.2, 0.25) is 0 Å². The van der Waals surface area contributed by atoms with E-state index < -0.39 is 0 Å². The van der Waals surface area contributed by atoms with E-state index in [-0.39, 0.29) is 24.0 Å². The molecule has 8 heteroatoms. The van der Waals surface area contributed by atoms with Crippen LogP contribution in [0.15, 0.2) is 28.8 Å². The summed E-state index contributed by atoms with van der Waals surface area (Å²) >= 11 is 0. The van der Waals surface area contributed by atoms with Crippen molar-refractivity contribution in [2.75, 3.05) is 18.9 Å². The normalized spacial score (nSPS) is 11.1. The molecule has 0 unspecified atom stereocenters. The summed E-state index contributed by atoms with van der Waals surface area (Å²) in [6, 6.07) is 6.71. The van der Waals surface area contributed by atoms with E-state index in [1.165, 1.54) is 4.90 Å². The average Bonchev–Trinajstić information content (AvgIpc) is 2.92. The van der Waals surface area contributed by atoms with Crippen molar-refractivity contribution in [1.29, 1.82) is 0 Å². The number of aryl methyl sites for hydroxylation is 1. The van der Waals surface area contributed by atoms with Crippen molar-refractivity contribution in [3.8, 4) is 11.4 Å². The Balaban J connectivity index is 1.99. The van der Waals surface area contributed by atoms with Gasteiger partial charge in [0.2, 0.25) is 17.6 Å². The van der Waals surface area contributed by atoms with Crippen molar-refractivity contribution in [3.05, 3.63) is 30.2 Å². The van der Waals surface area contributed by atoms with Crippen LogP contribution < -0.4 is 10.6 Å². The molecule has 8 nitrogen and oxygen atoms in total. The highest BCUT2D eigenvalue weighted by Crippen LogP contribution is 2.20. The zero-order valence-electron chi connectivity index (χ0n) is 15.1. The molecule has 0 aliphatic carbocycles. The second-order valence-electron chi connectivity index (χ2n) is 6.80. The third kappa shape index (κ3) is 5.59. The van der Waals surface area contributed by atoms with Gasteiger partial charge in [0.1, 0.15) is 6.54 Å². The Morgan fingerprint density at radius 1 is 1.28 bits per heavy atom. The molecule has 0 aliphatic rings. The fourth-order valence-electron chi connectivity index (χ4n) is 2.12. The lowest BCUT2D eigenvalue weighted by Gasteiger charge is -2.23. The van der Waals surface area contributed by atoms with Crippen LogP contribution in [0.1, 0.15) is 26.7 Å². The van der Waals surface area contributed by atoms with Crippen molar-refractivity contribution in [3.63, 3.8) is 0 Å². The van der Waals surface area contributed by atoms with Crippen LogP contribution in [0.3, 0.4) is 0 Å². The number of carbonyl (C=O) groups excluding carboxylic acids is 2. The van der Waals surface area contributed by atoms with Crippen LogP contribution in [0.25, 0.3) is 11.4 Å². The number of nitrogens with zero attached hydrogens (tertiary/aromatic N) is 3. The molecule has 1 aromatic carbocycles. The number of hydrogen-bond donors (Lipinski definition) is 2. The maximum absolute atomic E-state index is 12.3. The predicted octanol–water partition coefficient (Wildman–Crippen LogP) is 2.42. The van der Waals surface area contributed by atoms with E-state index in [1.54, 1.807) is 32.2 Å².